The van der Waals surface area contributed by atoms with Gasteiger partial charge in [0.25, 0.3) is 5.56 Å². The Hall–Kier alpha value is -3.17. The summed E-state index contributed by atoms with van der Waals surface area (Å²) in [6.45, 7) is 3.65. The maximum absolute atomic E-state index is 12.9. The molecule has 1 fully saturated rings. The summed E-state index contributed by atoms with van der Waals surface area (Å²) in [4.78, 5) is 14.8. The average molecular weight is 415 g/mol. The van der Waals surface area contributed by atoms with Gasteiger partial charge in [-0.3, -0.25) is 4.79 Å². The van der Waals surface area contributed by atoms with Crippen molar-refractivity contribution in [2.24, 2.45) is 16.9 Å². The number of rotatable bonds is 3. The predicted octanol–water partition coefficient (Wildman–Crippen LogP) is 4.37. The van der Waals surface area contributed by atoms with Crippen molar-refractivity contribution in [3.8, 4) is 16.5 Å². The summed E-state index contributed by atoms with van der Waals surface area (Å²) in [5, 5.41) is 14.2. The van der Waals surface area contributed by atoms with Gasteiger partial charge >= 0.3 is 0 Å². The number of aryl methyl sites for hydroxylation is 2. The molecule has 2 heterocycles. The highest BCUT2D eigenvalue weighted by Crippen LogP contribution is 2.46. The van der Waals surface area contributed by atoms with Crippen molar-refractivity contribution < 1.29 is 0 Å². The largest absolute Gasteiger partial charge is 0.318 e. The van der Waals surface area contributed by atoms with Gasteiger partial charge in [0.1, 0.15) is 11.6 Å². The molecule has 5 rings (SSSR count). The summed E-state index contributed by atoms with van der Waals surface area (Å²) in [5.74, 6) is 1.15. The van der Waals surface area contributed by atoms with Gasteiger partial charge in [-0.15, -0.1) is 5.10 Å². The maximum Gasteiger partial charge on any atom is 0.289 e. The second-order valence-electron chi connectivity index (χ2n) is 8.17. The summed E-state index contributed by atoms with van der Waals surface area (Å²) in [7, 11) is 0. The Balaban J connectivity index is 1.72. The number of hydrogen-bond donors (Lipinski definition) is 0. The molecular weight excluding hydrogens is 392 g/mol. The molecule has 1 saturated carbocycles. The molecule has 0 aliphatic heterocycles. The molecule has 6 heteroatoms. The van der Waals surface area contributed by atoms with E-state index in [0.717, 1.165) is 27.4 Å². The van der Waals surface area contributed by atoms with Crippen LogP contribution in [0.15, 0.2) is 64.6 Å². The number of thiazole rings is 1. The van der Waals surface area contributed by atoms with Crippen LogP contribution in [0.1, 0.15) is 35.7 Å². The van der Waals surface area contributed by atoms with E-state index >= 15 is 0 Å². The van der Waals surface area contributed by atoms with Gasteiger partial charge in [-0.25, -0.2) is 0 Å². The smallest absolute Gasteiger partial charge is 0.289 e. The number of nitrogens with zero attached hydrogens (tertiary/aromatic N) is 4. The van der Waals surface area contributed by atoms with Crippen LogP contribution in [-0.2, 0) is 0 Å². The van der Waals surface area contributed by atoms with Crippen LogP contribution in [0, 0.1) is 37.0 Å². The normalized spacial score (nSPS) is 22.6. The maximum atomic E-state index is 12.9. The highest BCUT2D eigenvalue weighted by molar-refractivity contribution is 7.12. The standard InChI is InChI=1S/C24H22N4OS/c1-15-10-16(2)28(23(29)20(15)13-25)26-24-27(21-12-17-8-9-19(21)11-17)14-22(30-24)18-6-4-3-5-7-18/h3-10,14,17,19,21H,11-12H2,1-2H3/b26-24+/t17-,19-,21-/m1/s1. The van der Waals surface area contributed by atoms with Crippen molar-refractivity contribution in [3.63, 3.8) is 0 Å². The van der Waals surface area contributed by atoms with Gasteiger partial charge in [0.2, 0.25) is 4.80 Å². The second kappa shape index (κ2) is 7.26. The summed E-state index contributed by atoms with van der Waals surface area (Å²) in [6.07, 6.45) is 9.13. The van der Waals surface area contributed by atoms with Gasteiger partial charge in [0.05, 0.1) is 4.88 Å². The Labute approximate surface area is 178 Å². The van der Waals surface area contributed by atoms with Gasteiger partial charge in [-0.05, 0) is 55.7 Å². The molecule has 0 unspecified atom stereocenters. The SMILES string of the molecule is Cc1cc(C)n(/N=c2/sc(-c3ccccc3)cn2[C@@H]2C[C@@H]3C=C[C@@H]2C3)c(=O)c1C#N. The van der Waals surface area contributed by atoms with Crippen LogP contribution in [0.5, 0.6) is 0 Å². The summed E-state index contributed by atoms with van der Waals surface area (Å²) < 4.78 is 3.63. The zero-order valence-corrected chi connectivity index (χ0v) is 17.8. The van der Waals surface area contributed by atoms with E-state index in [0.29, 0.717) is 23.4 Å². The Morgan fingerprint density at radius 1 is 1.17 bits per heavy atom. The van der Waals surface area contributed by atoms with Crippen molar-refractivity contribution in [2.45, 2.75) is 32.7 Å². The highest BCUT2D eigenvalue weighted by Gasteiger charge is 2.37. The molecule has 3 aromatic rings. The molecule has 0 saturated heterocycles. The van der Waals surface area contributed by atoms with Crippen molar-refractivity contribution in [3.05, 3.63) is 86.7 Å². The van der Waals surface area contributed by atoms with Gasteiger partial charge in [-0.1, -0.05) is 53.8 Å². The fraction of sp³-hybridized carbons (Fsp3) is 0.292. The Bertz CT molecular complexity index is 1320. The van der Waals surface area contributed by atoms with E-state index in [1.54, 1.807) is 18.3 Å². The van der Waals surface area contributed by atoms with Crippen LogP contribution < -0.4 is 10.4 Å². The van der Waals surface area contributed by atoms with Crippen LogP contribution in [0.25, 0.3) is 10.4 Å². The van der Waals surface area contributed by atoms with Crippen molar-refractivity contribution >= 4 is 11.3 Å². The minimum atomic E-state index is -0.357. The van der Waals surface area contributed by atoms with E-state index in [1.165, 1.54) is 11.1 Å². The van der Waals surface area contributed by atoms with Crippen LogP contribution in [0.3, 0.4) is 0 Å². The fourth-order valence-corrected chi connectivity index (χ4v) is 5.74. The van der Waals surface area contributed by atoms with Gasteiger partial charge in [0, 0.05) is 17.9 Å². The second-order valence-corrected chi connectivity index (χ2v) is 9.18. The minimum absolute atomic E-state index is 0.151. The molecule has 3 atom stereocenters. The Morgan fingerprint density at radius 3 is 2.63 bits per heavy atom. The lowest BCUT2D eigenvalue weighted by Crippen LogP contribution is -2.28. The first kappa shape index (κ1) is 18.8. The number of pyridine rings is 1. The lowest BCUT2D eigenvalue weighted by atomic mass is 10.0. The Kier molecular flexibility index (Phi) is 4.56. The first-order valence-corrected chi connectivity index (χ1v) is 11.0. The predicted molar refractivity (Wildman–Crippen MR) is 118 cm³/mol. The molecule has 30 heavy (non-hydrogen) atoms. The van der Waals surface area contributed by atoms with E-state index < -0.39 is 0 Å². The lowest BCUT2D eigenvalue weighted by molar-refractivity contribution is 0.421. The van der Waals surface area contributed by atoms with Gasteiger partial charge < -0.3 is 4.57 Å². The summed E-state index contributed by atoms with van der Waals surface area (Å²) >= 11 is 1.59. The first-order chi connectivity index (χ1) is 14.5. The highest BCUT2D eigenvalue weighted by atomic mass is 32.1. The van der Waals surface area contributed by atoms with Gasteiger partial charge in [0.15, 0.2) is 0 Å². The summed E-state index contributed by atoms with van der Waals surface area (Å²) in [6, 6.07) is 14.5. The number of fused-ring (bicyclic) bond motifs is 2. The van der Waals surface area contributed by atoms with Crippen LogP contribution in [0.2, 0.25) is 0 Å². The third-order valence-electron chi connectivity index (χ3n) is 6.20. The summed E-state index contributed by atoms with van der Waals surface area (Å²) in [5.41, 5.74) is 2.35. The van der Waals surface area contributed by atoms with E-state index in [1.807, 2.05) is 37.3 Å². The number of aromatic nitrogens is 2. The molecular formula is C24H22N4OS. The topological polar surface area (TPSA) is 63.1 Å². The number of nitriles is 1. The first-order valence-electron chi connectivity index (χ1n) is 10.2. The molecule has 0 spiro atoms. The molecule has 0 amide bonds. The van der Waals surface area contributed by atoms with Crippen molar-refractivity contribution in [1.82, 2.24) is 9.24 Å². The van der Waals surface area contributed by atoms with Crippen LogP contribution in [-0.4, -0.2) is 9.24 Å². The minimum Gasteiger partial charge on any atom is -0.318 e. The van der Waals surface area contributed by atoms with Crippen molar-refractivity contribution in [2.75, 3.05) is 0 Å². The third-order valence-corrected chi connectivity index (χ3v) is 7.23. The Morgan fingerprint density at radius 2 is 1.97 bits per heavy atom. The number of hydrogen-bond acceptors (Lipinski definition) is 4. The van der Waals surface area contributed by atoms with E-state index in [-0.39, 0.29) is 11.1 Å². The van der Waals surface area contributed by atoms with E-state index in [9.17, 15) is 10.1 Å². The quantitative estimate of drug-likeness (QED) is 0.598. The molecule has 5 nitrogen and oxygen atoms in total. The molecule has 2 aliphatic carbocycles. The van der Waals surface area contributed by atoms with Crippen LogP contribution >= 0.6 is 11.3 Å². The molecule has 2 aromatic heterocycles. The van der Waals surface area contributed by atoms with Crippen LogP contribution in [0.4, 0.5) is 0 Å². The van der Waals surface area contributed by atoms with E-state index in [4.69, 9.17) is 5.10 Å². The monoisotopic (exact) mass is 414 g/mol. The zero-order valence-electron chi connectivity index (χ0n) is 16.9. The zero-order chi connectivity index (χ0) is 20.8. The molecule has 150 valence electrons. The molecule has 1 aromatic carbocycles. The average Bonchev–Trinajstić information content (AvgIpc) is 3.47. The van der Waals surface area contributed by atoms with E-state index in [2.05, 4.69) is 35.0 Å². The molecule has 0 N–H and O–H groups in total. The molecule has 2 aliphatic rings. The third kappa shape index (κ3) is 3.06. The number of benzene rings is 1. The van der Waals surface area contributed by atoms with Crippen molar-refractivity contribution in [1.29, 1.82) is 5.26 Å². The molecule has 2 bridgehead atoms. The number of allylic oxidation sites excluding steroid dienone is 2. The lowest BCUT2D eigenvalue weighted by Gasteiger charge is -2.20. The van der Waals surface area contributed by atoms with Gasteiger partial charge in [-0.2, -0.15) is 9.94 Å². The fourth-order valence-electron chi connectivity index (χ4n) is 4.70. The molecule has 0 radical (unpaired) electrons.